The highest BCUT2D eigenvalue weighted by atomic mass is 16.1. The van der Waals surface area contributed by atoms with Crippen molar-refractivity contribution in [3.63, 3.8) is 0 Å². The van der Waals surface area contributed by atoms with Crippen LogP contribution in [0.4, 0.5) is 11.4 Å². The van der Waals surface area contributed by atoms with Crippen molar-refractivity contribution in [3.05, 3.63) is 136 Å². The fourth-order valence-electron chi connectivity index (χ4n) is 4.59. The summed E-state index contributed by atoms with van der Waals surface area (Å²) in [6.45, 7) is 0. The van der Waals surface area contributed by atoms with Crippen LogP contribution in [0.15, 0.2) is 119 Å². The number of fused-ring (bicyclic) bond motifs is 2. The maximum atomic E-state index is 13.2. The van der Waals surface area contributed by atoms with Crippen molar-refractivity contribution in [1.29, 1.82) is 0 Å². The Morgan fingerprint density at radius 1 is 0.765 bits per heavy atom. The minimum Gasteiger partial charge on any atom is -0.319 e. The van der Waals surface area contributed by atoms with E-state index in [0.29, 0.717) is 12.1 Å². The molecule has 0 radical (unpaired) electrons. The van der Waals surface area contributed by atoms with Gasteiger partial charge in [-0.25, -0.2) is 9.99 Å². The molecule has 1 aromatic heterocycles. The molecule has 1 heterocycles. The topological polar surface area (TPSA) is 61.4 Å². The molecule has 1 atom stereocenters. The predicted octanol–water partition coefficient (Wildman–Crippen LogP) is 5.81. The number of hydrogen-bond acceptors (Lipinski definition) is 4. The summed E-state index contributed by atoms with van der Waals surface area (Å²) in [6.07, 6.45) is 0.681. The molecule has 1 aliphatic rings. The summed E-state index contributed by atoms with van der Waals surface area (Å²) in [4.78, 5) is 21.0. The molecular weight excluding hydrogens is 420 g/mol. The number of nitrogens with one attached hydrogen (secondary N) is 1. The van der Waals surface area contributed by atoms with E-state index in [9.17, 15) is 4.79 Å². The molecule has 5 nitrogen and oxygen atoms in total. The number of hydrazone groups is 1. The average molecular weight is 443 g/mol. The first kappa shape index (κ1) is 20.1. The number of aromatic amines is 1. The van der Waals surface area contributed by atoms with Crippen LogP contribution in [-0.2, 0) is 6.42 Å². The van der Waals surface area contributed by atoms with Crippen LogP contribution in [-0.4, -0.2) is 15.7 Å². The fourth-order valence-corrected chi connectivity index (χ4v) is 4.59. The van der Waals surface area contributed by atoms with Crippen LogP contribution in [0.1, 0.15) is 22.7 Å². The number of aromatic nitrogens is 2. The number of nitrogens with zero attached hydrogens (tertiary/aromatic N) is 3. The van der Waals surface area contributed by atoms with Gasteiger partial charge in [0.25, 0.3) is 5.56 Å². The molecule has 34 heavy (non-hydrogen) atoms. The Hall–Kier alpha value is -4.51. The Balaban J connectivity index is 1.56. The maximum Gasteiger partial charge on any atom is 0.270 e. The first-order valence-electron chi connectivity index (χ1n) is 11.3. The molecular formula is C29H22N4O. The third-order valence-corrected chi connectivity index (χ3v) is 6.21. The van der Waals surface area contributed by atoms with Crippen LogP contribution in [0, 0.1) is 0 Å². The molecule has 164 valence electrons. The summed E-state index contributed by atoms with van der Waals surface area (Å²) < 4.78 is 0. The van der Waals surface area contributed by atoms with Crippen LogP contribution in [0.3, 0.4) is 0 Å². The number of hydrogen-bond donors (Lipinski definition) is 1. The molecule has 0 saturated carbocycles. The molecule has 0 bridgehead atoms. The number of rotatable bonds is 4. The van der Waals surface area contributed by atoms with Crippen LogP contribution < -0.4 is 10.6 Å². The van der Waals surface area contributed by atoms with Crippen molar-refractivity contribution in [1.82, 2.24) is 9.97 Å². The zero-order chi connectivity index (χ0) is 22.9. The summed E-state index contributed by atoms with van der Waals surface area (Å²) in [7, 11) is 0. The van der Waals surface area contributed by atoms with Crippen molar-refractivity contribution < 1.29 is 0 Å². The van der Waals surface area contributed by atoms with E-state index in [1.54, 1.807) is 0 Å². The lowest BCUT2D eigenvalue weighted by atomic mass is 10.00. The van der Waals surface area contributed by atoms with Gasteiger partial charge in [-0.2, -0.15) is 5.10 Å². The predicted molar refractivity (Wildman–Crippen MR) is 137 cm³/mol. The van der Waals surface area contributed by atoms with Crippen molar-refractivity contribution >= 4 is 28.1 Å². The smallest absolute Gasteiger partial charge is 0.270 e. The maximum absolute atomic E-state index is 13.2. The molecule has 0 saturated heterocycles. The van der Waals surface area contributed by atoms with Gasteiger partial charge in [0.1, 0.15) is 5.69 Å². The average Bonchev–Trinajstić information content (AvgIpc) is 3.26. The van der Waals surface area contributed by atoms with Gasteiger partial charge in [0, 0.05) is 5.56 Å². The van der Waals surface area contributed by atoms with E-state index in [2.05, 4.69) is 17.1 Å². The van der Waals surface area contributed by atoms with Gasteiger partial charge >= 0.3 is 0 Å². The van der Waals surface area contributed by atoms with Gasteiger partial charge in [-0.3, -0.25) is 4.79 Å². The Labute approximate surface area is 197 Å². The summed E-state index contributed by atoms with van der Waals surface area (Å²) in [5.41, 5.74) is 6.80. The van der Waals surface area contributed by atoms with E-state index in [4.69, 9.17) is 10.1 Å². The summed E-state index contributed by atoms with van der Waals surface area (Å²) in [5.74, 6) is -0.249. The largest absolute Gasteiger partial charge is 0.319 e. The van der Waals surface area contributed by atoms with Gasteiger partial charge in [0.15, 0.2) is 0 Å². The second-order valence-corrected chi connectivity index (χ2v) is 8.35. The van der Waals surface area contributed by atoms with E-state index >= 15 is 0 Å². The highest BCUT2D eigenvalue weighted by Gasteiger charge is 2.33. The zero-order valence-corrected chi connectivity index (χ0v) is 18.4. The molecule has 1 N–H and O–H groups in total. The fraction of sp³-hybridized carbons (Fsp3) is 0.0690. The quantitative estimate of drug-likeness (QED) is 0.358. The number of H-pyrrole nitrogens is 1. The van der Waals surface area contributed by atoms with Crippen LogP contribution in [0.5, 0.6) is 0 Å². The first-order valence-corrected chi connectivity index (χ1v) is 11.3. The monoisotopic (exact) mass is 442 g/mol. The summed E-state index contributed by atoms with van der Waals surface area (Å²) >= 11 is 0. The van der Waals surface area contributed by atoms with Gasteiger partial charge in [0.2, 0.25) is 0 Å². The molecule has 0 fully saturated rings. The van der Waals surface area contributed by atoms with E-state index < -0.39 is 0 Å². The molecule has 4 aromatic carbocycles. The molecule has 6 rings (SSSR count). The minimum atomic E-state index is -0.249. The molecule has 1 aliphatic carbocycles. The molecule has 5 aromatic rings. The zero-order valence-electron chi connectivity index (χ0n) is 18.4. The SMILES string of the molecule is O=c1[nH]c2ccccc2nc1C1Cc2ccccc2/C1=N/N(c1ccccc1)c1ccccc1. The Kier molecular flexibility index (Phi) is 5.00. The highest BCUT2D eigenvalue weighted by molar-refractivity contribution is 6.09. The molecule has 0 amide bonds. The third kappa shape index (κ3) is 3.57. The Morgan fingerprint density at radius 3 is 2.12 bits per heavy atom. The van der Waals surface area contributed by atoms with Crippen LogP contribution >= 0.6 is 0 Å². The highest BCUT2D eigenvalue weighted by Crippen LogP contribution is 2.35. The second kappa shape index (κ2) is 8.45. The van der Waals surface area contributed by atoms with Crippen LogP contribution in [0.25, 0.3) is 11.0 Å². The van der Waals surface area contributed by atoms with Crippen molar-refractivity contribution in [2.45, 2.75) is 12.3 Å². The van der Waals surface area contributed by atoms with Crippen LogP contribution in [0.2, 0.25) is 0 Å². The number of benzene rings is 4. The van der Waals surface area contributed by atoms with E-state index in [1.165, 1.54) is 5.56 Å². The Bertz CT molecular complexity index is 1520. The van der Waals surface area contributed by atoms with Gasteiger partial charge in [-0.15, -0.1) is 0 Å². The molecule has 5 heteroatoms. The second-order valence-electron chi connectivity index (χ2n) is 8.35. The van der Waals surface area contributed by atoms with E-state index in [-0.39, 0.29) is 11.5 Å². The van der Waals surface area contributed by atoms with E-state index in [1.807, 2.05) is 102 Å². The lowest BCUT2D eigenvalue weighted by Gasteiger charge is -2.22. The van der Waals surface area contributed by atoms with Gasteiger partial charge in [0.05, 0.1) is 34.0 Å². The van der Waals surface area contributed by atoms with Crippen molar-refractivity contribution in [2.24, 2.45) is 5.10 Å². The molecule has 0 spiro atoms. The number of para-hydroxylation sites is 4. The normalized spacial score (nSPS) is 16.0. The third-order valence-electron chi connectivity index (χ3n) is 6.21. The summed E-state index contributed by atoms with van der Waals surface area (Å²) in [5, 5.41) is 7.14. The minimum absolute atomic E-state index is 0.171. The van der Waals surface area contributed by atoms with Crippen molar-refractivity contribution in [2.75, 3.05) is 5.01 Å². The standard InChI is InChI=1S/C29H22N4O/c34-29-28(30-25-17-9-10-18-26(25)31-29)24-19-20-11-7-8-16-23(20)27(24)32-33(21-12-3-1-4-13-21)22-14-5-2-6-15-22/h1-18,24H,19H2,(H,31,34)/b32-27-. The number of anilines is 2. The molecule has 1 unspecified atom stereocenters. The Morgan fingerprint density at radius 2 is 1.38 bits per heavy atom. The van der Waals surface area contributed by atoms with Gasteiger partial charge < -0.3 is 4.98 Å². The first-order chi connectivity index (χ1) is 16.8. The van der Waals surface area contributed by atoms with Gasteiger partial charge in [-0.1, -0.05) is 72.8 Å². The van der Waals surface area contributed by atoms with Crippen molar-refractivity contribution in [3.8, 4) is 0 Å². The van der Waals surface area contributed by atoms with E-state index in [0.717, 1.165) is 33.7 Å². The molecule has 0 aliphatic heterocycles. The lowest BCUT2D eigenvalue weighted by molar-refractivity contribution is 0.847. The summed E-state index contributed by atoms with van der Waals surface area (Å²) in [6, 6.07) is 36.0. The van der Waals surface area contributed by atoms with Gasteiger partial charge in [-0.05, 0) is 48.4 Å². The lowest BCUT2D eigenvalue weighted by Crippen LogP contribution is -2.24.